The molecule has 0 bridgehead atoms. The van der Waals surface area contributed by atoms with Crippen LogP contribution in [0.15, 0.2) is 57.5 Å². The molecule has 0 fully saturated rings. The molecule has 126 valence electrons. The quantitative estimate of drug-likeness (QED) is 0.478. The van der Waals surface area contributed by atoms with E-state index >= 15 is 0 Å². The first-order chi connectivity index (χ1) is 12.3. The Balaban J connectivity index is 1.47. The Labute approximate surface area is 152 Å². The molecule has 0 spiro atoms. The van der Waals surface area contributed by atoms with Crippen molar-refractivity contribution in [3.63, 3.8) is 0 Å². The number of aromatic nitrogens is 5. The second-order valence-corrected chi connectivity index (χ2v) is 7.27. The van der Waals surface area contributed by atoms with E-state index in [2.05, 4.69) is 37.0 Å². The average Bonchev–Trinajstić information content (AvgIpc) is 3.37. The van der Waals surface area contributed by atoms with E-state index in [-0.39, 0.29) is 0 Å². The molecule has 4 rings (SSSR count). The highest BCUT2D eigenvalue weighted by atomic mass is 32.2. The molecule has 3 heterocycles. The largest absolute Gasteiger partial charge is 0.333 e. The van der Waals surface area contributed by atoms with Crippen LogP contribution in [0.5, 0.6) is 0 Å². The molecule has 8 heteroatoms. The summed E-state index contributed by atoms with van der Waals surface area (Å²) >= 11 is 3.14. The van der Waals surface area contributed by atoms with Gasteiger partial charge in [-0.1, -0.05) is 53.3 Å². The maximum absolute atomic E-state index is 5.32. The number of hydrogen-bond acceptors (Lipinski definition) is 7. The molecule has 0 radical (unpaired) electrons. The van der Waals surface area contributed by atoms with Gasteiger partial charge in [-0.3, -0.25) is 0 Å². The van der Waals surface area contributed by atoms with Crippen molar-refractivity contribution in [2.24, 2.45) is 0 Å². The lowest BCUT2D eigenvalue weighted by Gasteiger charge is -2.07. The van der Waals surface area contributed by atoms with Crippen molar-refractivity contribution in [2.45, 2.75) is 24.4 Å². The van der Waals surface area contributed by atoms with Gasteiger partial charge in [0, 0.05) is 0 Å². The molecule has 25 heavy (non-hydrogen) atoms. The summed E-state index contributed by atoms with van der Waals surface area (Å²) in [6, 6.07) is 14.2. The topological polar surface area (TPSA) is 69.6 Å². The van der Waals surface area contributed by atoms with Crippen LogP contribution in [-0.4, -0.2) is 24.9 Å². The third-order valence-electron chi connectivity index (χ3n) is 3.62. The number of thioether (sulfide) groups is 1. The van der Waals surface area contributed by atoms with Crippen molar-refractivity contribution in [3.8, 4) is 10.8 Å². The highest BCUT2D eigenvalue weighted by molar-refractivity contribution is 7.98. The number of rotatable bonds is 6. The number of thiophene rings is 1. The second kappa shape index (κ2) is 7.20. The first-order valence-corrected chi connectivity index (χ1v) is 9.59. The van der Waals surface area contributed by atoms with Crippen molar-refractivity contribution in [1.29, 1.82) is 0 Å². The predicted octanol–water partition coefficient (Wildman–Crippen LogP) is 4.04. The van der Waals surface area contributed by atoms with Crippen molar-refractivity contribution in [2.75, 3.05) is 0 Å². The zero-order valence-corrected chi connectivity index (χ0v) is 15.1. The SMILES string of the molecule is Cc1nnc(SCc2noc(-c3cccs3)n2)n1Cc1ccccc1. The summed E-state index contributed by atoms with van der Waals surface area (Å²) in [7, 11) is 0. The van der Waals surface area contributed by atoms with Gasteiger partial charge in [-0.15, -0.1) is 21.5 Å². The number of aryl methyl sites for hydroxylation is 1. The van der Waals surface area contributed by atoms with Gasteiger partial charge in [0.05, 0.1) is 17.2 Å². The Morgan fingerprint density at radius 2 is 2.00 bits per heavy atom. The van der Waals surface area contributed by atoms with Crippen LogP contribution in [0.3, 0.4) is 0 Å². The van der Waals surface area contributed by atoms with E-state index in [4.69, 9.17) is 4.52 Å². The van der Waals surface area contributed by atoms with Crippen LogP contribution in [0.1, 0.15) is 17.2 Å². The monoisotopic (exact) mass is 369 g/mol. The summed E-state index contributed by atoms with van der Waals surface area (Å²) in [5.74, 6) is 2.69. The van der Waals surface area contributed by atoms with Crippen LogP contribution >= 0.6 is 23.1 Å². The Morgan fingerprint density at radius 1 is 1.12 bits per heavy atom. The van der Waals surface area contributed by atoms with Gasteiger partial charge < -0.3 is 9.09 Å². The highest BCUT2D eigenvalue weighted by Crippen LogP contribution is 2.25. The van der Waals surface area contributed by atoms with Gasteiger partial charge in [0.25, 0.3) is 5.89 Å². The van der Waals surface area contributed by atoms with Gasteiger partial charge >= 0.3 is 0 Å². The first kappa shape index (κ1) is 16.0. The lowest BCUT2D eigenvalue weighted by molar-refractivity contribution is 0.426. The van der Waals surface area contributed by atoms with E-state index < -0.39 is 0 Å². The first-order valence-electron chi connectivity index (χ1n) is 7.72. The molecule has 0 atom stereocenters. The second-order valence-electron chi connectivity index (χ2n) is 5.38. The van der Waals surface area contributed by atoms with Crippen molar-refractivity contribution in [3.05, 3.63) is 65.1 Å². The summed E-state index contributed by atoms with van der Waals surface area (Å²) in [6.07, 6.45) is 0. The minimum atomic E-state index is 0.563. The van der Waals surface area contributed by atoms with Gasteiger partial charge in [-0.25, -0.2) is 0 Å². The molecule has 0 saturated heterocycles. The molecule has 1 aromatic carbocycles. The van der Waals surface area contributed by atoms with Crippen molar-refractivity contribution in [1.82, 2.24) is 24.9 Å². The summed E-state index contributed by atoms with van der Waals surface area (Å²) < 4.78 is 7.42. The third kappa shape index (κ3) is 3.64. The zero-order chi connectivity index (χ0) is 17.1. The lowest BCUT2D eigenvalue weighted by Crippen LogP contribution is -2.04. The van der Waals surface area contributed by atoms with Crippen LogP contribution in [0.4, 0.5) is 0 Å². The summed E-state index contributed by atoms with van der Waals surface area (Å²) in [5, 5.41) is 15.4. The van der Waals surface area contributed by atoms with Crippen LogP contribution in [0.25, 0.3) is 10.8 Å². The van der Waals surface area contributed by atoms with Crippen molar-refractivity contribution < 1.29 is 4.52 Å². The van der Waals surface area contributed by atoms with Crippen molar-refractivity contribution >= 4 is 23.1 Å². The Morgan fingerprint density at radius 3 is 2.80 bits per heavy atom. The van der Waals surface area contributed by atoms with Gasteiger partial charge in [-0.05, 0) is 23.9 Å². The molecule has 0 aliphatic rings. The lowest BCUT2D eigenvalue weighted by atomic mass is 10.2. The molecule has 0 aliphatic carbocycles. The Kier molecular flexibility index (Phi) is 4.62. The molecule has 0 unspecified atom stereocenters. The normalized spacial score (nSPS) is 11.1. The number of hydrogen-bond donors (Lipinski definition) is 0. The molecule has 0 aliphatic heterocycles. The van der Waals surface area contributed by atoms with E-state index in [0.29, 0.717) is 17.5 Å². The molecule has 0 amide bonds. The van der Waals surface area contributed by atoms with E-state index in [1.165, 1.54) is 5.56 Å². The van der Waals surface area contributed by atoms with Gasteiger partial charge in [0.15, 0.2) is 11.0 Å². The Hall–Kier alpha value is -2.45. The fourth-order valence-electron chi connectivity index (χ4n) is 2.36. The zero-order valence-electron chi connectivity index (χ0n) is 13.5. The van der Waals surface area contributed by atoms with Gasteiger partial charge in [0.2, 0.25) is 0 Å². The van der Waals surface area contributed by atoms with Crippen LogP contribution < -0.4 is 0 Å². The molecule has 0 N–H and O–H groups in total. The standard InChI is InChI=1S/C17H15N5OS2/c1-12-19-20-17(22(12)10-13-6-3-2-4-7-13)25-11-15-18-16(23-21-15)14-8-5-9-24-14/h2-9H,10-11H2,1H3. The van der Waals surface area contributed by atoms with E-state index in [0.717, 1.165) is 22.4 Å². The molecular weight excluding hydrogens is 354 g/mol. The maximum atomic E-state index is 5.32. The van der Waals surface area contributed by atoms with E-state index in [9.17, 15) is 0 Å². The van der Waals surface area contributed by atoms with E-state index in [1.54, 1.807) is 23.1 Å². The highest BCUT2D eigenvalue weighted by Gasteiger charge is 2.14. The molecule has 4 aromatic rings. The number of nitrogens with zero attached hydrogens (tertiary/aromatic N) is 5. The molecular formula is C17H15N5OS2. The average molecular weight is 369 g/mol. The number of benzene rings is 1. The third-order valence-corrected chi connectivity index (χ3v) is 5.44. The molecule has 3 aromatic heterocycles. The maximum Gasteiger partial charge on any atom is 0.268 e. The fourth-order valence-corrected chi connectivity index (χ4v) is 3.83. The fraction of sp³-hybridized carbons (Fsp3) is 0.176. The van der Waals surface area contributed by atoms with Gasteiger partial charge in [-0.2, -0.15) is 4.98 Å². The summed E-state index contributed by atoms with van der Waals surface area (Å²) in [6.45, 7) is 2.71. The van der Waals surface area contributed by atoms with Crippen LogP contribution in [0.2, 0.25) is 0 Å². The summed E-state index contributed by atoms with van der Waals surface area (Å²) in [4.78, 5) is 5.42. The van der Waals surface area contributed by atoms with Crippen LogP contribution in [-0.2, 0) is 12.3 Å². The van der Waals surface area contributed by atoms with Crippen LogP contribution in [0, 0.1) is 6.92 Å². The predicted molar refractivity (Wildman–Crippen MR) is 97.5 cm³/mol. The van der Waals surface area contributed by atoms with E-state index in [1.807, 2.05) is 42.6 Å². The minimum absolute atomic E-state index is 0.563. The molecule has 6 nitrogen and oxygen atoms in total. The molecule has 0 saturated carbocycles. The summed E-state index contributed by atoms with van der Waals surface area (Å²) in [5.41, 5.74) is 1.21. The smallest absolute Gasteiger partial charge is 0.268 e. The van der Waals surface area contributed by atoms with Gasteiger partial charge in [0.1, 0.15) is 5.82 Å². The minimum Gasteiger partial charge on any atom is -0.333 e. The Bertz CT molecular complexity index is 947.